The molecule has 2 saturated heterocycles. The van der Waals surface area contributed by atoms with Gasteiger partial charge in [-0.2, -0.15) is 0 Å². The van der Waals surface area contributed by atoms with Crippen LogP contribution in [0.25, 0.3) is 0 Å². The van der Waals surface area contributed by atoms with Crippen LogP contribution in [0.15, 0.2) is 0 Å². The van der Waals surface area contributed by atoms with Gasteiger partial charge in [0.1, 0.15) is 0 Å². The molecule has 0 aliphatic carbocycles. The summed E-state index contributed by atoms with van der Waals surface area (Å²) in [5.41, 5.74) is 0. The zero-order chi connectivity index (χ0) is 11.4. The number of carbonyl (C=O) groups is 1. The summed E-state index contributed by atoms with van der Waals surface area (Å²) in [5, 5.41) is 3.36. The van der Waals surface area contributed by atoms with E-state index in [0.717, 1.165) is 32.0 Å². The molecule has 0 spiro atoms. The van der Waals surface area contributed by atoms with E-state index in [4.69, 9.17) is 0 Å². The topological polar surface area (TPSA) is 32.3 Å². The number of nitrogens with one attached hydrogen (secondary N) is 1. The monoisotopic (exact) mass is 224 g/mol. The van der Waals surface area contributed by atoms with Gasteiger partial charge in [0.25, 0.3) is 0 Å². The summed E-state index contributed by atoms with van der Waals surface area (Å²) in [4.78, 5) is 14.4. The van der Waals surface area contributed by atoms with Gasteiger partial charge >= 0.3 is 0 Å². The van der Waals surface area contributed by atoms with Gasteiger partial charge in [-0.3, -0.25) is 4.79 Å². The first kappa shape index (κ1) is 11.9. The molecule has 2 fully saturated rings. The first-order valence-electron chi connectivity index (χ1n) is 6.79. The molecule has 3 nitrogen and oxygen atoms in total. The Balaban J connectivity index is 1.87. The molecule has 16 heavy (non-hydrogen) atoms. The molecular weight excluding hydrogens is 200 g/mol. The predicted octanol–water partition coefficient (Wildman–Crippen LogP) is 1.78. The van der Waals surface area contributed by atoms with E-state index < -0.39 is 0 Å². The van der Waals surface area contributed by atoms with Gasteiger partial charge in [0.05, 0.1) is 6.04 Å². The van der Waals surface area contributed by atoms with E-state index in [1.54, 1.807) is 0 Å². The first-order valence-corrected chi connectivity index (χ1v) is 6.79. The number of hydrogen-bond donors (Lipinski definition) is 1. The Bertz CT molecular complexity index is 236. The van der Waals surface area contributed by atoms with Crippen LogP contribution in [-0.2, 0) is 4.79 Å². The van der Waals surface area contributed by atoms with Crippen molar-refractivity contribution in [2.45, 2.75) is 51.5 Å². The summed E-state index contributed by atoms with van der Waals surface area (Å²) in [6, 6.07) is 0.113. The fraction of sp³-hybridized carbons (Fsp3) is 0.923. The number of rotatable bonds is 1. The Labute approximate surface area is 98.6 Å². The van der Waals surface area contributed by atoms with E-state index >= 15 is 0 Å². The van der Waals surface area contributed by atoms with Crippen LogP contribution in [0.2, 0.25) is 0 Å². The summed E-state index contributed by atoms with van der Waals surface area (Å²) < 4.78 is 0. The Kier molecular flexibility index (Phi) is 4.22. The van der Waals surface area contributed by atoms with Gasteiger partial charge in [0.15, 0.2) is 0 Å². The smallest absolute Gasteiger partial charge is 0.239 e. The molecule has 2 rings (SSSR count). The molecule has 1 N–H and O–H groups in total. The number of amides is 1. The van der Waals surface area contributed by atoms with Crippen LogP contribution in [0.5, 0.6) is 0 Å². The number of carbonyl (C=O) groups excluding carboxylic acids is 1. The highest BCUT2D eigenvalue weighted by atomic mass is 16.2. The van der Waals surface area contributed by atoms with Crippen molar-refractivity contribution >= 4 is 5.91 Å². The van der Waals surface area contributed by atoms with Gasteiger partial charge < -0.3 is 10.2 Å². The summed E-state index contributed by atoms with van der Waals surface area (Å²) in [5.74, 6) is 1.14. The van der Waals surface area contributed by atoms with Crippen molar-refractivity contribution in [1.82, 2.24) is 10.2 Å². The average molecular weight is 224 g/mol. The van der Waals surface area contributed by atoms with Crippen molar-refractivity contribution in [2.75, 3.05) is 19.6 Å². The second kappa shape index (κ2) is 5.67. The van der Waals surface area contributed by atoms with Crippen LogP contribution < -0.4 is 5.32 Å². The number of piperidine rings is 1. The lowest BCUT2D eigenvalue weighted by molar-refractivity contribution is -0.134. The fourth-order valence-electron chi connectivity index (χ4n) is 2.77. The van der Waals surface area contributed by atoms with E-state index in [1.807, 2.05) is 0 Å². The summed E-state index contributed by atoms with van der Waals surface area (Å²) >= 11 is 0. The van der Waals surface area contributed by atoms with Gasteiger partial charge in [-0.25, -0.2) is 0 Å². The largest absolute Gasteiger partial charge is 0.341 e. The van der Waals surface area contributed by atoms with Crippen molar-refractivity contribution in [1.29, 1.82) is 0 Å². The predicted molar refractivity (Wildman–Crippen MR) is 65.2 cm³/mol. The van der Waals surface area contributed by atoms with Crippen LogP contribution in [0.4, 0.5) is 0 Å². The molecule has 0 bridgehead atoms. The zero-order valence-corrected chi connectivity index (χ0v) is 10.4. The minimum absolute atomic E-state index is 0.113. The van der Waals surface area contributed by atoms with Gasteiger partial charge in [-0.15, -0.1) is 0 Å². The van der Waals surface area contributed by atoms with Crippen molar-refractivity contribution < 1.29 is 4.79 Å². The lowest BCUT2D eigenvalue weighted by Gasteiger charge is -2.29. The maximum atomic E-state index is 12.3. The maximum absolute atomic E-state index is 12.3. The highest BCUT2D eigenvalue weighted by Gasteiger charge is 2.26. The van der Waals surface area contributed by atoms with E-state index in [9.17, 15) is 4.79 Å². The second-order valence-electron chi connectivity index (χ2n) is 5.36. The Morgan fingerprint density at radius 3 is 2.75 bits per heavy atom. The van der Waals surface area contributed by atoms with Crippen LogP contribution in [-0.4, -0.2) is 36.5 Å². The molecule has 0 aromatic heterocycles. The van der Waals surface area contributed by atoms with Crippen molar-refractivity contribution in [3.63, 3.8) is 0 Å². The van der Waals surface area contributed by atoms with Crippen molar-refractivity contribution in [3.05, 3.63) is 0 Å². The van der Waals surface area contributed by atoms with Gasteiger partial charge in [-0.1, -0.05) is 13.3 Å². The minimum Gasteiger partial charge on any atom is -0.341 e. The van der Waals surface area contributed by atoms with Crippen LogP contribution >= 0.6 is 0 Å². The molecule has 2 unspecified atom stereocenters. The Morgan fingerprint density at radius 2 is 2.00 bits per heavy atom. The third kappa shape index (κ3) is 2.97. The number of hydrogen-bond acceptors (Lipinski definition) is 2. The first-order chi connectivity index (χ1) is 7.77. The second-order valence-corrected chi connectivity index (χ2v) is 5.36. The third-order valence-electron chi connectivity index (χ3n) is 3.94. The van der Waals surface area contributed by atoms with Gasteiger partial charge in [0.2, 0.25) is 5.91 Å². The molecule has 92 valence electrons. The quantitative estimate of drug-likeness (QED) is 0.736. The molecule has 0 saturated carbocycles. The average Bonchev–Trinajstić information content (AvgIpc) is 2.54. The number of likely N-dealkylation sites (tertiary alicyclic amines) is 1. The summed E-state index contributed by atoms with van der Waals surface area (Å²) in [6.07, 6.45) is 7.10. The maximum Gasteiger partial charge on any atom is 0.239 e. The normalized spacial score (nSPS) is 32.2. The van der Waals surface area contributed by atoms with Crippen LogP contribution in [0.3, 0.4) is 0 Å². The molecule has 2 aliphatic rings. The highest BCUT2D eigenvalue weighted by Crippen LogP contribution is 2.18. The molecule has 3 heteroatoms. The third-order valence-corrected chi connectivity index (χ3v) is 3.94. The van der Waals surface area contributed by atoms with E-state index in [1.165, 1.54) is 32.1 Å². The lowest BCUT2D eigenvalue weighted by Crippen LogP contribution is -2.48. The molecule has 1 amide bonds. The van der Waals surface area contributed by atoms with E-state index in [-0.39, 0.29) is 6.04 Å². The fourth-order valence-corrected chi connectivity index (χ4v) is 2.77. The zero-order valence-electron chi connectivity index (χ0n) is 10.4. The molecular formula is C13H24N2O. The van der Waals surface area contributed by atoms with Crippen LogP contribution in [0, 0.1) is 5.92 Å². The van der Waals surface area contributed by atoms with Gasteiger partial charge in [0, 0.05) is 13.1 Å². The van der Waals surface area contributed by atoms with Gasteiger partial charge in [-0.05, 0) is 44.6 Å². The molecule has 0 aromatic carbocycles. The van der Waals surface area contributed by atoms with E-state index in [0.29, 0.717) is 5.91 Å². The Hall–Kier alpha value is -0.570. The Morgan fingerprint density at radius 1 is 1.12 bits per heavy atom. The lowest BCUT2D eigenvalue weighted by atomic mass is 10.0. The molecule has 2 heterocycles. The van der Waals surface area contributed by atoms with Crippen molar-refractivity contribution in [2.24, 2.45) is 5.92 Å². The summed E-state index contributed by atoms with van der Waals surface area (Å²) in [6.45, 7) is 5.26. The molecule has 2 aliphatic heterocycles. The summed E-state index contributed by atoms with van der Waals surface area (Å²) in [7, 11) is 0. The van der Waals surface area contributed by atoms with Crippen molar-refractivity contribution in [3.8, 4) is 0 Å². The van der Waals surface area contributed by atoms with Crippen LogP contribution in [0.1, 0.15) is 45.4 Å². The molecule has 0 radical (unpaired) electrons. The minimum atomic E-state index is 0.113. The molecule has 2 atom stereocenters. The highest BCUT2D eigenvalue weighted by molar-refractivity contribution is 5.82. The standard InChI is InChI=1S/C13H24N2O/c1-11-5-4-9-15(10-7-11)13(16)12-6-2-3-8-14-12/h11-12,14H,2-10H2,1H3. The number of nitrogens with zero attached hydrogens (tertiary/aromatic N) is 1. The van der Waals surface area contributed by atoms with E-state index in [2.05, 4.69) is 17.1 Å². The molecule has 0 aromatic rings. The SMILES string of the molecule is CC1CCCN(C(=O)C2CCCCN2)CC1.